The van der Waals surface area contributed by atoms with Crippen molar-refractivity contribution in [3.05, 3.63) is 71.0 Å². The largest absolute Gasteiger partial charge is 0.494 e. The number of halogens is 4. The number of carbonyl (C=O) groups excluding carboxylic acids is 1. The van der Waals surface area contributed by atoms with Crippen molar-refractivity contribution in [2.24, 2.45) is 15.2 Å². The van der Waals surface area contributed by atoms with Gasteiger partial charge in [0.1, 0.15) is 0 Å². The van der Waals surface area contributed by atoms with Crippen LogP contribution in [0.5, 0.6) is 5.75 Å². The molecule has 1 heterocycles. The predicted octanol–water partition coefficient (Wildman–Crippen LogP) is 5.30. The molecule has 2 N–H and O–H groups in total. The fourth-order valence-electron chi connectivity index (χ4n) is 3.86. The number of rotatable bonds is 5. The standard InChI is InChI=1S/C24H23F4N5O2/c1-35-20-11-8-15(12-18(20)25)19-13-21(33-32-19)30-23(29-17-4-2-3-5-17)31-22(34)14-6-9-16(10-7-14)24(26,27)28/h6-13,17,21H,2-5H2,1H3,(H2,29,30,31,34). The maximum Gasteiger partial charge on any atom is 0.416 e. The number of hydrogen-bond acceptors (Lipinski definition) is 5. The molecule has 0 radical (unpaired) electrons. The molecule has 1 unspecified atom stereocenters. The molecule has 1 amide bonds. The minimum absolute atomic E-state index is 0.0527. The van der Waals surface area contributed by atoms with Gasteiger partial charge in [0.05, 0.1) is 18.4 Å². The van der Waals surface area contributed by atoms with Gasteiger partial charge >= 0.3 is 6.18 Å². The second kappa shape index (κ2) is 10.2. The van der Waals surface area contributed by atoms with Gasteiger partial charge in [0, 0.05) is 17.2 Å². The molecule has 7 nitrogen and oxygen atoms in total. The van der Waals surface area contributed by atoms with Crippen molar-refractivity contribution in [3.8, 4) is 5.75 Å². The summed E-state index contributed by atoms with van der Waals surface area (Å²) >= 11 is 0. The molecular formula is C24H23F4N5O2. The minimum Gasteiger partial charge on any atom is -0.494 e. The number of methoxy groups -OCH3 is 1. The Morgan fingerprint density at radius 2 is 1.83 bits per heavy atom. The van der Waals surface area contributed by atoms with E-state index < -0.39 is 29.6 Å². The molecule has 1 atom stereocenters. The van der Waals surface area contributed by atoms with Crippen molar-refractivity contribution in [2.75, 3.05) is 7.11 Å². The Bertz CT molecular complexity index is 1170. The minimum atomic E-state index is -4.49. The first-order chi connectivity index (χ1) is 16.7. The van der Waals surface area contributed by atoms with Crippen molar-refractivity contribution in [1.29, 1.82) is 0 Å². The van der Waals surface area contributed by atoms with E-state index >= 15 is 0 Å². The highest BCUT2D eigenvalue weighted by atomic mass is 19.4. The first kappa shape index (κ1) is 24.4. The van der Waals surface area contributed by atoms with Crippen LogP contribution < -0.4 is 15.4 Å². The Labute approximate surface area is 199 Å². The van der Waals surface area contributed by atoms with Crippen molar-refractivity contribution in [3.63, 3.8) is 0 Å². The maximum absolute atomic E-state index is 14.1. The maximum atomic E-state index is 14.1. The second-order valence-corrected chi connectivity index (χ2v) is 8.16. The number of benzene rings is 2. The average Bonchev–Trinajstić information content (AvgIpc) is 3.51. The van der Waals surface area contributed by atoms with Crippen LogP contribution in [-0.2, 0) is 6.18 Å². The van der Waals surface area contributed by atoms with Crippen LogP contribution in [0, 0.1) is 5.82 Å². The summed E-state index contributed by atoms with van der Waals surface area (Å²) in [6.07, 6.45) is 0.216. The lowest BCUT2D eigenvalue weighted by Crippen LogP contribution is -2.45. The molecule has 184 valence electrons. The van der Waals surface area contributed by atoms with E-state index in [2.05, 4.69) is 25.9 Å². The summed E-state index contributed by atoms with van der Waals surface area (Å²) in [7, 11) is 1.37. The van der Waals surface area contributed by atoms with Gasteiger partial charge in [-0.2, -0.15) is 23.4 Å². The quantitative estimate of drug-likeness (QED) is 0.339. The molecule has 1 aliphatic heterocycles. The Balaban J connectivity index is 1.52. The first-order valence-corrected chi connectivity index (χ1v) is 11.0. The molecule has 1 aliphatic carbocycles. The zero-order chi connectivity index (χ0) is 25.0. The fourth-order valence-corrected chi connectivity index (χ4v) is 3.86. The highest BCUT2D eigenvalue weighted by Crippen LogP contribution is 2.29. The number of carbonyl (C=O) groups is 1. The summed E-state index contributed by atoms with van der Waals surface area (Å²) in [5.41, 5.74) is 0.112. The number of alkyl halides is 3. The van der Waals surface area contributed by atoms with Gasteiger partial charge in [-0.1, -0.05) is 12.8 Å². The Kier molecular flexibility index (Phi) is 7.13. The van der Waals surface area contributed by atoms with E-state index in [9.17, 15) is 22.4 Å². The summed E-state index contributed by atoms with van der Waals surface area (Å²) < 4.78 is 57.4. The number of nitrogens with one attached hydrogen (secondary N) is 2. The molecular weight excluding hydrogens is 466 g/mol. The van der Waals surface area contributed by atoms with E-state index in [4.69, 9.17) is 4.74 Å². The molecule has 2 aromatic carbocycles. The van der Waals surface area contributed by atoms with Gasteiger partial charge in [-0.3, -0.25) is 10.1 Å². The van der Waals surface area contributed by atoms with Gasteiger partial charge in [-0.15, -0.1) is 0 Å². The number of nitrogens with zero attached hydrogens (tertiary/aromatic N) is 3. The van der Waals surface area contributed by atoms with Crippen molar-refractivity contribution >= 4 is 17.6 Å². The predicted molar refractivity (Wildman–Crippen MR) is 121 cm³/mol. The Morgan fingerprint density at radius 1 is 1.11 bits per heavy atom. The van der Waals surface area contributed by atoms with E-state index in [1.54, 1.807) is 12.1 Å². The summed E-state index contributed by atoms with van der Waals surface area (Å²) in [5.74, 6) is -0.906. The van der Waals surface area contributed by atoms with Gasteiger partial charge < -0.3 is 10.1 Å². The SMILES string of the molecule is COc1ccc(C2=CC(N=C(NC(=O)c3ccc(C(F)(F)F)cc3)NC3CCCC3)N=N2)cc1F. The van der Waals surface area contributed by atoms with Gasteiger partial charge in [0.25, 0.3) is 5.91 Å². The highest BCUT2D eigenvalue weighted by Gasteiger charge is 2.30. The van der Waals surface area contributed by atoms with E-state index in [0.29, 0.717) is 11.3 Å². The Morgan fingerprint density at radius 3 is 2.46 bits per heavy atom. The topological polar surface area (TPSA) is 87.4 Å². The molecule has 35 heavy (non-hydrogen) atoms. The van der Waals surface area contributed by atoms with Gasteiger partial charge in [-0.25, -0.2) is 9.38 Å². The van der Waals surface area contributed by atoms with Gasteiger partial charge in [0.2, 0.25) is 5.96 Å². The lowest BCUT2D eigenvalue weighted by Gasteiger charge is -2.17. The van der Waals surface area contributed by atoms with E-state index in [1.165, 1.54) is 19.2 Å². The number of azo groups is 1. The van der Waals surface area contributed by atoms with Crippen molar-refractivity contribution in [1.82, 2.24) is 10.6 Å². The molecule has 1 fully saturated rings. The number of guanidine groups is 1. The smallest absolute Gasteiger partial charge is 0.416 e. The van der Waals surface area contributed by atoms with Crippen LogP contribution in [0.2, 0.25) is 0 Å². The number of hydrogen-bond donors (Lipinski definition) is 2. The van der Waals surface area contributed by atoms with E-state index in [0.717, 1.165) is 49.9 Å². The van der Waals surface area contributed by atoms with Crippen LogP contribution >= 0.6 is 0 Å². The lowest BCUT2D eigenvalue weighted by atomic mass is 10.1. The highest BCUT2D eigenvalue weighted by molar-refractivity contribution is 6.05. The zero-order valence-electron chi connectivity index (χ0n) is 18.8. The van der Waals surface area contributed by atoms with Crippen LogP contribution in [0.4, 0.5) is 17.6 Å². The fraction of sp³-hybridized carbons (Fsp3) is 0.333. The summed E-state index contributed by atoms with van der Waals surface area (Å²) in [5, 5.41) is 14.0. The van der Waals surface area contributed by atoms with Crippen molar-refractivity contribution in [2.45, 2.75) is 44.1 Å². The molecule has 0 bridgehead atoms. The van der Waals surface area contributed by atoms with Gasteiger partial charge in [0.15, 0.2) is 17.7 Å². The molecule has 2 aromatic rings. The first-order valence-electron chi connectivity index (χ1n) is 11.0. The third-order valence-corrected chi connectivity index (χ3v) is 5.70. The third kappa shape index (κ3) is 6.03. The normalized spacial score (nSPS) is 18.5. The summed E-state index contributed by atoms with van der Waals surface area (Å²) in [6.45, 7) is 0. The van der Waals surface area contributed by atoms with Crippen LogP contribution in [0.1, 0.15) is 47.2 Å². The van der Waals surface area contributed by atoms with Gasteiger partial charge in [-0.05, 0) is 61.4 Å². The third-order valence-electron chi connectivity index (χ3n) is 5.70. The average molecular weight is 489 g/mol. The second-order valence-electron chi connectivity index (χ2n) is 8.16. The van der Waals surface area contributed by atoms with Crippen LogP contribution in [-0.4, -0.2) is 31.2 Å². The Hall–Kier alpha value is -3.76. The molecule has 2 aliphatic rings. The molecule has 0 spiro atoms. The molecule has 0 aromatic heterocycles. The van der Waals surface area contributed by atoms with E-state index in [1.807, 2.05) is 0 Å². The van der Waals surface area contributed by atoms with Crippen LogP contribution in [0.3, 0.4) is 0 Å². The number of amides is 1. The number of aliphatic imine (C=N–C) groups is 1. The molecule has 11 heteroatoms. The molecule has 4 rings (SSSR count). The molecule has 1 saturated carbocycles. The monoisotopic (exact) mass is 489 g/mol. The molecule has 0 saturated heterocycles. The van der Waals surface area contributed by atoms with Crippen LogP contribution in [0.25, 0.3) is 5.70 Å². The lowest BCUT2D eigenvalue weighted by molar-refractivity contribution is -0.137. The summed E-state index contributed by atoms with van der Waals surface area (Å²) in [4.78, 5) is 17.1. The zero-order valence-corrected chi connectivity index (χ0v) is 18.8. The van der Waals surface area contributed by atoms with E-state index in [-0.39, 0.29) is 23.3 Å². The van der Waals surface area contributed by atoms with Crippen LogP contribution in [0.15, 0.2) is 63.8 Å². The number of ether oxygens (including phenoxy) is 1. The van der Waals surface area contributed by atoms with Crippen molar-refractivity contribution < 1.29 is 27.1 Å². The summed E-state index contributed by atoms with van der Waals surface area (Å²) in [6, 6.07) is 8.42.